The molecule has 0 aliphatic carbocycles. The number of amides is 1. The van der Waals surface area contributed by atoms with Crippen molar-refractivity contribution in [2.24, 2.45) is 0 Å². The van der Waals surface area contributed by atoms with Crippen molar-refractivity contribution in [3.63, 3.8) is 0 Å². The van der Waals surface area contributed by atoms with E-state index in [4.69, 9.17) is 4.74 Å². The van der Waals surface area contributed by atoms with E-state index in [2.05, 4.69) is 17.2 Å². The molecule has 2 rings (SSSR count). The number of carbonyl (C=O) groups excluding carboxylic acids is 1. The summed E-state index contributed by atoms with van der Waals surface area (Å²) >= 11 is 0. The summed E-state index contributed by atoms with van der Waals surface area (Å²) in [5.74, 6) is 0.0843. The Kier molecular flexibility index (Phi) is 5.32. The summed E-state index contributed by atoms with van der Waals surface area (Å²) in [4.78, 5) is 12.2. The molecule has 1 saturated heterocycles. The second kappa shape index (κ2) is 7.22. The van der Waals surface area contributed by atoms with Crippen LogP contribution in [0.1, 0.15) is 17.9 Å². The van der Waals surface area contributed by atoms with Crippen molar-refractivity contribution in [1.82, 2.24) is 10.6 Å². The number of rotatable bonds is 6. The summed E-state index contributed by atoms with van der Waals surface area (Å²) in [5, 5.41) is 6.26. The third-order valence-electron chi connectivity index (χ3n) is 3.73. The first kappa shape index (κ1) is 14.8. The fraction of sp³-hybridized carbons (Fsp3) is 0.438. The second-order valence-electron chi connectivity index (χ2n) is 5.06. The van der Waals surface area contributed by atoms with Gasteiger partial charge >= 0.3 is 0 Å². The number of hydrogen-bond donors (Lipinski definition) is 2. The van der Waals surface area contributed by atoms with E-state index < -0.39 is 0 Å². The van der Waals surface area contributed by atoms with Crippen molar-refractivity contribution >= 4 is 5.91 Å². The summed E-state index contributed by atoms with van der Waals surface area (Å²) in [7, 11) is 1.67. The van der Waals surface area contributed by atoms with Gasteiger partial charge < -0.3 is 15.4 Å². The molecule has 108 valence electrons. The van der Waals surface area contributed by atoms with Gasteiger partial charge in [0.15, 0.2) is 0 Å². The molecule has 1 heterocycles. The average Bonchev–Trinajstić information content (AvgIpc) is 2.92. The van der Waals surface area contributed by atoms with Gasteiger partial charge in [-0.25, -0.2) is 0 Å². The van der Waals surface area contributed by atoms with Crippen LogP contribution < -0.4 is 10.6 Å². The SMILES string of the molecule is C=C[C@@H](CC(=O)N[C@@H]1CNC[C@@H]1OC)c1ccccc1. The van der Waals surface area contributed by atoms with Gasteiger partial charge in [-0.2, -0.15) is 0 Å². The smallest absolute Gasteiger partial charge is 0.221 e. The highest BCUT2D eigenvalue weighted by molar-refractivity contribution is 5.77. The molecule has 1 aromatic carbocycles. The zero-order valence-corrected chi connectivity index (χ0v) is 11.8. The zero-order chi connectivity index (χ0) is 14.4. The standard InChI is InChI=1S/C16H22N2O2/c1-3-12(13-7-5-4-6-8-13)9-16(19)18-14-10-17-11-15(14)20-2/h3-8,12,14-15,17H,1,9-11H2,2H3,(H,18,19)/t12-,14+,15-/m0/s1. The van der Waals surface area contributed by atoms with E-state index in [-0.39, 0.29) is 24.0 Å². The lowest BCUT2D eigenvalue weighted by Crippen LogP contribution is -2.43. The number of nitrogens with one attached hydrogen (secondary N) is 2. The molecular weight excluding hydrogens is 252 g/mol. The quantitative estimate of drug-likeness (QED) is 0.772. The molecule has 1 aliphatic heterocycles. The molecular formula is C16H22N2O2. The number of carbonyl (C=O) groups is 1. The fourth-order valence-electron chi connectivity index (χ4n) is 2.55. The number of ether oxygens (including phenoxy) is 1. The van der Waals surface area contributed by atoms with Crippen LogP contribution in [0.15, 0.2) is 43.0 Å². The van der Waals surface area contributed by atoms with E-state index in [0.29, 0.717) is 6.42 Å². The van der Waals surface area contributed by atoms with Gasteiger partial charge in [-0.05, 0) is 5.56 Å². The summed E-state index contributed by atoms with van der Waals surface area (Å²) in [6, 6.07) is 10.0. The Balaban J connectivity index is 1.91. The van der Waals surface area contributed by atoms with Gasteiger partial charge in [0.2, 0.25) is 5.91 Å². The fourth-order valence-corrected chi connectivity index (χ4v) is 2.55. The Bertz CT molecular complexity index is 447. The Labute approximate surface area is 120 Å². The minimum Gasteiger partial charge on any atom is -0.378 e. The molecule has 1 amide bonds. The van der Waals surface area contributed by atoms with Crippen molar-refractivity contribution in [3.8, 4) is 0 Å². The molecule has 20 heavy (non-hydrogen) atoms. The Morgan fingerprint density at radius 1 is 1.50 bits per heavy atom. The Morgan fingerprint density at radius 2 is 2.25 bits per heavy atom. The van der Waals surface area contributed by atoms with E-state index >= 15 is 0 Å². The van der Waals surface area contributed by atoms with Crippen LogP contribution in [-0.4, -0.2) is 38.3 Å². The van der Waals surface area contributed by atoms with Crippen LogP contribution in [-0.2, 0) is 9.53 Å². The van der Waals surface area contributed by atoms with Crippen molar-refractivity contribution in [2.75, 3.05) is 20.2 Å². The van der Waals surface area contributed by atoms with Gasteiger partial charge in [0.1, 0.15) is 0 Å². The lowest BCUT2D eigenvalue weighted by atomic mass is 9.95. The molecule has 2 N–H and O–H groups in total. The van der Waals surface area contributed by atoms with Crippen molar-refractivity contribution < 1.29 is 9.53 Å². The lowest BCUT2D eigenvalue weighted by Gasteiger charge is -2.20. The normalized spacial score (nSPS) is 23.2. The van der Waals surface area contributed by atoms with E-state index in [1.807, 2.05) is 36.4 Å². The monoisotopic (exact) mass is 274 g/mol. The van der Waals surface area contributed by atoms with Crippen LogP contribution >= 0.6 is 0 Å². The number of hydrogen-bond acceptors (Lipinski definition) is 3. The number of benzene rings is 1. The highest BCUT2D eigenvalue weighted by Crippen LogP contribution is 2.20. The molecule has 0 saturated carbocycles. The molecule has 0 bridgehead atoms. The van der Waals surface area contributed by atoms with Crippen LogP contribution in [0.25, 0.3) is 0 Å². The highest BCUT2D eigenvalue weighted by Gasteiger charge is 2.28. The van der Waals surface area contributed by atoms with Crippen molar-refractivity contribution in [1.29, 1.82) is 0 Å². The molecule has 0 spiro atoms. The van der Waals surface area contributed by atoms with E-state index in [9.17, 15) is 4.79 Å². The van der Waals surface area contributed by atoms with Crippen molar-refractivity contribution in [2.45, 2.75) is 24.5 Å². The van der Waals surface area contributed by atoms with Gasteiger partial charge in [0.25, 0.3) is 0 Å². The largest absolute Gasteiger partial charge is 0.378 e. The molecule has 4 heteroatoms. The topological polar surface area (TPSA) is 50.4 Å². The van der Waals surface area contributed by atoms with Crippen LogP contribution in [0, 0.1) is 0 Å². The first-order chi connectivity index (χ1) is 9.74. The average molecular weight is 274 g/mol. The Morgan fingerprint density at radius 3 is 2.90 bits per heavy atom. The van der Waals surface area contributed by atoms with Crippen molar-refractivity contribution in [3.05, 3.63) is 48.6 Å². The Hall–Kier alpha value is -1.65. The zero-order valence-electron chi connectivity index (χ0n) is 11.8. The van der Waals surface area contributed by atoms with Gasteiger partial charge in [-0.3, -0.25) is 4.79 Å². The molecule has 1 fully saturated rings. The maximum Gasteiger partial charge on any atom is 0.221 e. The lowest BCUT2D eigenvalue weighted by molar-refractivity contribution is -0.122. The molecule has 1 aromatic rings. The van der Waals surface area contributed by atoms with Gasteiger partial charge in [0.05, 0.1) is 12.1 Å². The molecule has 0 aromatic heterocycles. The minimum atomic E-state index is 0.0366. The number of allylic oxidation sites excluding steroid dienone is 1. The summed E-state index contributed by atoms with van der Waals surface area (Å²) < 4.78 is 5.34. The van der Waals surface area contributed by atoms with Crippen LogP contribution in [0.5, 0.6) is 0 Å². The first-order valence-electron chi connectivity index (χ1n) is 6.95. The second-order valence-corrected chi connectivity index (χ2v) is 5.06. The molecule has 1 aliphatic rings. The maximum absolute atomic E-state index is 12.2. The molecule has 3 atom stereocenters. The highest BCUT2D eigenvalue weighted by atomic mass is 16.5. The predicted octanol–water partition coefficient (Wildman–Crippen LogP) is 1.45. The molecule has 0 radical (unpaired) electrons. The third kappa shape index (κ3) is 3.68. The predicted molar refractivity (Wildman–Crippen MR) is 79.6 cm³/mol. The number of methoxy groups -OCH3 is 1. The summed E-state index contributed by atoms with van der Waals surface area (Å²) in [6.45, 7) is 5.38. The molecule has 0 unspecified atom stereocenters. The first-order valence-corrected chi connectivity index (χ1v) is 6.95. The minimum absolute atomic E-state index is 0.0366. The summed E-state index contributed by atoms with van der Waals surface area (Å²) in [6.07, 6.45) is 2.30. The maximum atomic E-state index is 12.2. The van der Waals surface area contributed by atoms with Crippen LogP contribution in [0.3, 0.4) is 0 Å². The summed E-state index contributed by atoms with van der Waals surface area (Å²) in [5.41, 5.74) is 1.12. The van der Waals surface area contributed by atoms with E-state index in [0.717, 1.165) is 18.7 Å². The van der Waals surface area contributed by atoms with Gasteiger partial charge in [0, 0.05) is 32.5 Å². The third-order valence-corrected chi connectivity index (χ3v) is 3.73. The van der Waals surface area contributed by atoms with Gasteiger partial charge in [-0.1, -0.05) is 36.4 Å². The van der Waals surface area contributed by atoms with Gasteiger partial charge in [-0.15, -0.1) is 6.58 Å². The van der Waals surface area contributed by atoms with Crippen LogP contribution in [0.4, 0.5) is 0 Å². The van der Waals surface area contributed by atoms with E-state index in [1.165, 1.54) is 0 Å². The van der Waals surface area contributed by atoms with E-state index in [1.54, 1.807) is 7.11 Å². The molecule has 4 nitrogen and oxygen atoms in total. The van der Waals surface area contributed by atoms with Crippen LogP contribution in [0.2, 0.25) is 0 Å².